The first-order valence-electron chi connectivity index (χ1n) is 18.7. The van der Waals surface area contributed by atoms with Crippen LogP contribution in [0.15, 0.2) is 174 Å². The summed E-state index contributed by atoms with van der Waals surface area (Å²) >= 11 is 0. The van der Waals surface area contributed by atoms with E-state index in [4.69, 9.17) is 12.6 Å². The molecule has 1 heteroatoms. The van der Waals surface area contributed by atoms with Gasteiger partial charge in [-0.15, -0.1) is 0 Å². The lowest BCUT2D eigenvalue weighted by atomic mass is 9.86. The third-order valence-electron chi connectivity index (χ3n) is 9.39. The molecule has 0 aliphatic heterocycles. The second kappa shape index (κ2) is 10.2. The van der Waals surface area contributed by atoms with Gasteiger partial charge in [-0.05, 0) is 107 Å². The molecule has 0 aliphatic carbocycles. The van der Waals surface area contributed by atoms with Gasteiger partial charge in [0.1, 0.15) is 11.2 Å². The minimum absolute atomic E-state index is 0.191. The Morgan fingerprint density at radius 3 is 1.47 bits per heavy atom. The van der Waals surface area contributed by atoms with Crippen molar-refractivity contribution in [1.29, 1.82) is 0 Å². The minimum atomic E-state index is -0.410. The maximum atomic E-state index is 8.94. The molecular formula is C46H28O. The highest BCUT2D eigenvalue weighted by molar-refractivity contribution is 6.22. The van der Waals surface area contributed by atoms with Crippen molar-refractivity contribution in [3.63, 3.8) is 0 Å². The van der Waals surface area contributed by atoms with Crippen LogP contribution in [-0.4, -0.2) is 0 Å². The van der Waals surface area contributed by atoms with E-state index in [1.54, 1.807) is 0 Å². The molecule has 0 fully saturated rings. The van der Waals surface area contributed by atoms with Crippen LogP contribution in [0.5, 0.6) is 0 Å². The fourth-order valence-electron chi connectivity index (χ4n) is 7.39. The first kappa shape index (κ1) is 20.8. The lowest BCUT2D eigenvalue weighted by Crippen LogP contribution is -1.90. The summed E-state index contributed by atoms with van der Waals surface area (Å²) in [5.74, 6) is 0. The van der Waals surface area contributed by atoms with Crippen molar-refractivity contribution in [3.05, 3.63) is 170 Å². The van der Waals surface area contributed by atoms with Crippen LogP contribution < -0.4 is 0 Å². The predicted molar refractivity (Wildman–Crippen MR) is 200 cm³/mol. The van der Waals surface area contributed by atoms with Crippen LogP contribution in [0.3, 0.4) is 0 Å². The van der Waals surface area contributed by atoms with Gasteiger partial charge in [-0.1, -0.05) is 139 Å². The molecule has 0 aliphatic rings. The van der Waals surface area contributed by atoms with E-state index in [0.29, 0.717) is 11.6 Å². The highest BCUT2D eigenvalue weighted by atomic mass is 16.3. The Hall–Kier alpha value is -6.18. The first-order valence-corrected chi connectivity index (χ1v) is 15.7. The van der Waals surface area contributed by atoms with Crippen LogP contribution in [0.1, 0.15) is 8.22 Å². The molecule has 0 amide bonds. The fraction of sp³-hybridized carbons (Fsp3) is 0. The molecule has 0 saturated heterocycles. The average Bonchev–Trinajstić information content (AvgIpc) is 3.56. The van der Waals surface area contributed by atoms with E-state index in [1.807, 2.05) is 91.0 Å². The van der Waals surface area contributed by atoms with Crippen LogP contribution in [-0.2, 0) is 0 Å². The van der Waals surface area contributed by atoms with E-state index < -0.39 is 6.04 Å². The normalized spacial score (nSPS) is 13.6. The maximum absolute atomic E-state index is 8.94. The molecule has 0 atom stereocenters. The van der Waals surface area contributed by atoms with Crippen molar-refractivity contribution in [2.75, 3.05) is 0 Å². The first-order chi connectivity index (χ1) is 25.8. The van der Waals surface area contributed by atoms with Gasteiger partial charge in [0, 0.05) is 10.8 Å². The highest BCUT2D eigenvalue weighted by Crippen LogP contribution is 2.45. The van der Waals surface area contributed by atoms with Crippen LogP contribution in [0.25, 0.3) is 98.4 Å². The molecule has 9 aromatic carbocycles. The van der Waals surface area contributed by atoms with Crippen molar-refractivity contribution >= 4 is 65.0 Å². The van der Waals surface area contributed by atoms with Crippen molar-refractivity contribution in [1.82, 2.24) is 0 Å². The molecule has 0 spiro atoms. The predicted octanol–water partition coefficient (Wildman–Crippen LogP) is 13.2. The van der Waals surface area contributed by atoms with Gasteiger partial charge in [0.05, 0.1) is 8.22 Å². The molecular weight excluding hydrogens is 569 g/mol. The second-order valence-corrected chi connectivity index (χ2v) is 12.0. The minimum Gasteiger partial charge on any atom is -0.456 e. The van der Waals surface area contributed by atoms with E-state index >= 15 is 0 Å². The van der Waals surface area contributed by atoms with Gasteiger partial charge < -0.3 is 4.42 Å². The lowest BCUT2D eigenvalue weighted by Gasteiger charge is -2.17. The molecule has 0 radical (unpaired) electrons. The standard InChI is InChI=1S/C46H28O/c1-2-12-29(13-3-1)44-37-18-8-10-20-39(37)46(40-21-11-9-19-38(40)44)33-22-24-36-41-27-32(23-25-42(41)47-43(36)28-33)45-34-16-6-4-14-30(34)26-31-15-5-7-17-35(31)45/h1-28H/i1D,2D,3D,12D,13D,26D. The maximum Gasteiger partial charge on any atom is 0.136 e. The molecule has 1 aromatic heterocycles. The Bertz CT molecular complexity index is 3050. The van der Waals surface area contributed by atoms with E-state index in [2.05, 4.69) is 42.5 Å². The van der Waals surface area contributed by atoms with Crippen molar-refractivity contribution in [2.24, 2.45) is 0 Å². The summed E-state index contributed by atoms with van der Waals surface area (Å²) < 4.78 is 58.2. The van der Waals surface area contributed by atoms with Crippen LogP contribution in [0.4, 0.5) is 0 Å². The van der Waals surface area contributed by atoms with Gasteiger partial charge in [-0.3, -0.25) is 0 Å². The third-order valence-corrected chi connectivity index (χ3v) is 9.39. The quantitative estimate of drug-likeness (QED) is 0.183. The molecule has 0 bridgehead atoms. The smallest absolute Gasteiger partial charge is 0.136 e. The molecule has 0 N–H and O–H groups in total. The van der Waals surface area contributed by atoms with Crippen LogP contribution >= 0.6 is 0 Å². The molecule has 1 heterocycles. The van der Waals surface area contributed by atoms with E-state index in [0.717, 1.165) is 87.3 Å². The summed E-state index contributed by atoms with van der Waals surface area (Å²) in [6.45, 7) is 0. The number of furan rings is 1. The summed E-state index contributed by atoms with van der Waals surface area (Å²) in [5, 5.41) is 9.30. The van der Waals surface area contributed by atoms with Gasteiger partial charge >= 0.3 is 0 Å². The summed E-state index contributed by atoms with van der Waals surface area (Å²) in [6, 6.07) is 43.6. The summed E-state index contributed by atoms with van der Waals surface area (Å²) in [5.41, 5.74) is 6.40. The summed E-state index contributed by atoms with van der Waals surface area (Å²) in [6.07, 6.45) is 0. The van der Waals surface area contributed by atoms with Gasteiger partial charge in [0.25, 0.3) is 0 Å². The van der Waals surface area contributed by atoms with Crippen molar-refractivity contribution in [2.45, 2.75) is 0 Å². The number of benzene rings is 9. The second-order valence-electron chi connectivity index (χ2n) is 12.0. The number of hydrogen-bond acceptors (Lipinski definition) is 1. The molecule has 10 rings (SSSR count). The zero-order valence-electron chi connectivity index (χ0n) is 31.1. The van der Waals surface area contributed by atoms with Crippen molar-refractivity contribution in [3.8, 4) is 33.4 Å². The molecule has 1 nitrogen and oxygen atoms in total. The Morgan fingerprint density at radius 1 is 0.362 bits per heavy atom. The van der Waals surface area contributed by atoms with Crippen LogP contribution in [0.2, 0.25) is 0 Å². The molecule has 0 unspecified atom stereocenters. The third kappa shape index (κ3) is 3.97. The molecule has 10 aromatic rings. The monoisotopic (exact) mass is 602 g/mol. The van der Waals surface area contributed by atoms with Gasteiger partial charge in [0.2, 0.25) is 0 Å². The molecule has 0 saturated carbocycles. The highest BCUT2D eigenvalue weighted by Gasteiger charge is 2.18. The van der Waals surface area contributed by atoms with Gasteiger partial charge in [-0.25, -0.2) is 0 Å². The van der Waals surface area contributed by atoms with Crippen LogP contribution in [0, 0.1) is 0 Å². The average molecular weight is 603 g/mol. The largest absolute Gasteiger partial charge is 0.456 e. The van der Waals surface area contributed by atoms with Crippen molar-refractivity contribution < 1.29 is 12.6 Å². The molecule has 47 heavy (non-hydrogen) atoms. The zero-order valence-corrected chi connectivity index (χ0v) is 25.1. The number of rotatable bonds is 3. The fourth-order valence-corrected chi connectivity index (χ4v) is 7.39. The Labute approximate surface area is 280 Å². The Balaban J connectivity index is 1.21. The SMILES string of the molecule is [2H]c1c([2H])c([2H])c(-c2c3ccccc3c(-c3ccc4c(c3)oc3ccc(-c5c6ccccc6c([2H])c6ccccc56)cc34)c3ccccc23)c([2H])c1[2H]. The number of fused-ring (bicyclic) bond motifs is 7. The molecule has 218 valence electrons. The Kier molecular flexibility index (Phi) is 4.49. The number of hydrogen-bond donors (Lipinski definition) is 0. The lowest BCUT2D eigenvalue weighted by molar-refractivity contribution is 0.669. The summed E-state index contributed by atoms with van der Waals surface area (Å²) in [7, 11) is 0. The zero-order chi connectivity index (χ0) is 36.1. The van der Waals surface area contributed by atoms with E-state index in [9.17, 15) is 0 Å². The Morgan fingerprint density at radius 2 is 0.851 bits per heavy atom. The van der Waals surface area contributed by atoms with Gasteiger partial charge in [0.15, 0.2) is 0 Å². The van der Waals surface area contributed by atoms with E-state index in [-0.39, 0.29) is 29.7 Å². The van der Waals surface area contributed by atoms with Gasteiger partial charge in [-0.2, -0.15) is 0 Å². The van der Waals surface area contributed by atoms with E-state index in [1.165, 1.54) is 0 Å². The summed E-state index contributed by atoms with van der Waals surface area (Å²) in [4.78, 5) is 0. The topological polar surface area (TPSA) is 13.1 Å².